The van der Waals surface area contributed by atoms with E-state index >= 15 is 0 Å². The van der Waals surface area contributed by atoms with Crippen molar-refractivity contribution in [2.75, 3.05) is 13.1 Å². The smallest absolute Gasteiger partial charge is 0.306 e. The van der Waals surface area contributed by atoms with Crippen LogP contribution in [0.25, 0.3) is 10.8 Å². The molecular weight excluding hydrogens is 506 g/mol. The predicted octanol–water partition coefficient (Wildman–Crippen LogP) is 5.18. The van der Waals surface area contributed by atoms with Crippen LogP contribution in [0.2, 0.25) is 0 Å². The molecule has 5 rings (SSSR count). The van der Waals surface area contributed by atoms with Crippen LogP contribution in [0.3, 0.4) is 0 Å². The van der Waals surface area contributed by atoms with E-state index in [0.29, 0.717) is 37.2 Å². The minimum atomic E-state index is -1.32. The summed E-state index contributed by atoms with van der Waals surface area (Å²) in [6.45, 7) is 0.128. The first-order valence-corrected chi connectivity index (χ1v) is 13.3. The Labute approximate surface area is 224 Å². The highest BCUT2D eigenvalue weighted by atomic mass is 19.2. The van der Waals surface area contributed by atoms with Gasteiger partial charge in [-0.3, -0.25) is 14.4 Å². The summed E-state index contributed by atoms with van der Waals surface area (Å²) in [6.07, 6.45) is 3.69. The van der Waals surface area contributed by atoms with Gasteiger partial charge in [0.1, 0.15) is 0 Å². The summed E-state index contributed by atoms with van der Waals surface area (Å²) < 4.78 is 34.8. The van der Waals surface area contributed by atoms with Gasteiger partial charge in [0, 0.05) is 18.7 Å². The predicted molar refractivity (Wildman–Crippen MR) is 141 cm³/mol. The average molecular weight is 537 g/mol. The standard InChI is InChI=1S/C30H30F2N2O5/c31-26-24(11-12-25(27(26)32)39-23-9-7-18(8-10-23)30(37)38)29(36)34-14-13-33-28(35)22-6-5-20-15-19(17-1-2-17)3-4-21(20)16-22/h3-6,11-12,15-18,23H,1-2,7-10,13-14H2,(H,33,35)(H,34,36)(H,37,38)/t18-,23+. The molecule has 3 aromatic rings. The van der Waals surface area contributed by atoms with E-state index in [9.17, 15) is 23.2 Å². The number of halogens is 2. The Morgan fingerprint density at radius 1 is 0.795 bits per heavy atom. The second kappa shape index (κ2) is 11.4. The van der Waals surface area contributed by atoms with Crippen LogP contribution >= 0.6 is 0 Å². The van der Waals surface area contributed by atoms with E-state index in [1.807, 2.05) is 18.2 Å². The summed E-state index contributed by atoms with van der Waals surface area (Å²) in [4.78, 5) is 36.1. The summed E-state index contributed by atoms with van der Waals surface area (Å²) in [5.41, 5.74) is 1.35. The molecule has 3 aromatic carbocycles. The lowest BCUT2D eigenvalue weighted by Crippen LogP contribution is -2.35. The summed E-state index contributed by atoms with van der Waals surface area (Å²) in [5.74, 6) is -4.67. The van der Waals surface area contributed by atoms with Gasteiger partial charge in [0.15, 0.2) is 11.6 Å². The number of nitrogens with one attached hydrogen (secondary N) is 2. The second-order valence-corrected chi connectivity index (χ2v) is 10.3. The third kappa shape index (κ3) is 6.19. The van der Waals surface area contributed by atoms with E-state index in [1.54, 1.807) is 6.07 Å². The lowest BCUT2D eigenvalue weighted by Gasteiger charge is -2.27. The fourth-order valence-electron chi connectivity index (χ4n) is 5.03. The molecule has 39 heavy (non-hydrogen) atoms. The molecule has 0 unspecified atom stereocenters. The van der Waals surface area contributed by atoms with Crippen molar-refractivity contribution in [3.05, 3.63) is 76.9 Å². The van der Waals surface area contributed by atoms with Gasteiger partial charge >= 0.3 is 5.97 Å². The number of carboxylic acids is 1. The molecule has 0 radical (unpaired) electrons. The van der Waals surface area contributed by atoms with E-state index in [4.69, 9.17) is 9.84 Å². The lowest BCUT2D eigenvalue weighted by molar-refractivity contribution is -0.143. The van der Waals surface area contributed by atoms with Crippen molar-refractivity contribution in [3.63, 3.8) is 0 Å². The van der Waals surface area contributed by atoms with E-state index in [0.717, 1.165) is 16.8 Å². The van der Waals surface area contributed by atoms with Gasteiger partial charge in [0.25, 0.3) is 11.8 Å². The second-order valence-electron chi connectivity index (χ2n) is 10.3. The number of carbonyl (C=O) groups is 3. The third-order valence-electron chi connectivity index (χ3n) is 7.48. The largest absolute Gasteiger partial charge is 0.487 e. The Morgan fingerprint density at radius 3 is 2.15 bits per heavy atom. The molecule has 2 saturated carbocycles. The number of benzene rings is 3. The van der Waals surface area contributed by atoms with Crippen LogP contribution in [0, 0.1) is 17.6 Å². The molecule has 0 atom stereocenters. The fraction of sp³-hybridized carbons (Fsp3) is 0.367. The van der Waals surface area contributed by atoms with Gasteiger partial charge in [0.2, 0.25) is 5.82 Å². The van der Waals surface area contributed by atoms with Gasteiger partial charge in [-0.05, 0) is 85.0 Å². The van der Waals surface area contributed by atoms with Crippen LogP contribution < -0.4 is 15.4 Å². The summed E-state index contributed by atoms with van der Waals surface area (Å²) in [5, 5.41) is 16.3. The zero-order valence-corrected chi connectivity index (χ0v) is 21.3. The summed E-state index contributed by atoms with van der Waals surface area (Å²) >= 11 is 0. The van der Waals surface area contributed by atoms with Crippen molar-refractivity contribution in [3.8, 4) is 5.75 Å². The normalized spacial score (nSPS) is 18.9. The molecule has 3 N–H and O–H groups in total. The quantitative estimate of drug-likeness (QED) is 0.327. The zero-order valence-electron chi connectivity index (χ0n) is 21.3. The highest BCUT2D eigenvalue weighted by molar-refractivity contribution is 5.99. The van der Waals surface area contributed by atoms with Crippen molar-refractivity contribution in [2.45, 2.75) is 50.5 Å². The van der Waals surface area contributed by atoms with Gasteiger partial charge in [-0.15, -0.1) is 0 Å². The molecule has 0 aliphatic heterocycles. The highest BCUT2D eigenvalue weighted by Gasteiger charge is 2.28. The molecule has 0 saturated heterocycles. The van der Waals surface area contributed by atoms with Gasteiger partial charge in [-0.25, -0.2) is 4.39 Å². The van der Waals surface area contributed by atoms with Crippen molar-refractivity contribution in [1.82, 2.24) is 10.6 Å². The average Bonchev–Trinajstić information content (AvgIpc) is 3.79. The Kier molecular flexibility index (Phi) is 7.77. The first-order chi connectivity index (χ1) is 18.8. The maximum absolute atomic E-state index is 14.6. The first kappa shape index (κ1) is 26.6. The molecule has 2 aliphatic rings. The number of fused-ring (bicyclic) bond motifs is 1. The van der Waals surface area contributed by atoms with Crippen LogP contribution in [-0.4, -0.2) is 42.1 Å². The Hall–Kier alpha value is -4.01. The first-order valence-electron chi connectivity index (χ1n) is 13.3. The molecule has 2 fully saturated rings. The molecular formula is C30H30F2N2O5. The van der Waals surface area contributed by atoms with Crippen molar-refractivity contribution in [2.24, 2.45) is 5.92 Å². The SMILES string of the molecule is O=C(NCCNC(=O)c1ccc(O[C@H]2CC[C@@H](C(=O)O)CC2)c(F)c1F)c1ccc2cc(C3CC3)ccc2c1. The number of hydrogen-bond donors (Lipinski definition) is 3. The maximum atomic E-state index is 14.6. The summed E-state index contributed by atoms with van der Waals surface area (Å²) in [6, 6.07) is 14.1. The van der Waals surface area contributed by atoms with Crippen molar-refractivity contribution < 1.29 is 33.0 Å². The van der Waals surface area contributed by atoms with Crippen molar-refractivity contribution >= 4 is 28.6 Å². The molecule has 9 heteroatoms. The highest BCUT2D eigenvalue weighted by Crippen LogP contribution is 2.41. The van der Waals surface area contributed by atoms with Gasteiger partial charge < -0.3 is 20.5 Å². The third-order valence-corrected chi connectivity index (χ3v) is 7.48. The minimum absolute atomic E-state index is 0.0228. The molecule has 0 heterocycles. The van der Waals surface area contributed by atoms with Crippen LogP contribution in [0.1, 0.15) is 70.7 Å². The number of amides is 2. The van der Waals surface area contributed by atoms with Gasteiger partial charge in [-0.2, -0.15) is 4.39 Å². The molecule has 7 nitrogen and oxygen atoms in total. The van der Waals surface area contributed by atoms with E-state index in [2.05, 4.69) is 22.8 Å². The van der Waals surface area contributed by atoms with Crippen LogP contribution in [-0.2, 0) is 4.79 Å². The van der Waals surface area contributed by atoms with Gasteiger partial charge in [-0.1, -0.05) is 24.3 Å². The van der Waals surface area contributed by atoms with Crippen LogP contribution in [0.4, 0.5) is 8.78 Å². The number of hydrogen-bond acceptors (Lipinski definition) is 4. The number of carboxylic acid groups (broad SMARTS) is 1. The molecule has 2 amide bonds. The van der Waals surface area contributed by atoms with E-state index in [-0.39, 0.29) is 24.7 Å². The molecule has 0 aromatic heterocycles. The number of ether oxygens (including phenoxy) is 1. The lowest BCUT2D eigenvalue weighted by atomic mass is 9.87. The molecule has 0 bridgehead atoms. The topological polar surface area (TPSA) is 105 Å². The molecule has 204 valence electrons. The fourth-order valence-corrected chi connectivity index (χ4v) is 5.03. The Morgan fingerprint density at radius 2 is 1.46 bits per heavy atom. The van der Waals surface area contributed by atoms with Crippen LogP contribution in [0.5, 0.6) is 5.75 Å². The minimum Gasteiger partial charge on any atom is -0.487 e. The van der Waals surface area contributed by atoms with E-state index < -0.39 is 41.1 Å². The maximum Gasteiger partial charge on any atom is 0.306 e. The van der Waals surface area contributed by atoms with E-state index in [1.165, 1.54) is 24.5 Å². The number of rotatable bonds is 9. The monoisotopic (exact) mass is 536 g/mol. The summed E-state index contributed by atoms with van der Waals surface area (Å²) in [7, 11) is 0. The molecule has 0 spiro atoms. The zero-order chi connectivity index (χ0) is 27.5. The Balaban J connectivity index is 1.10. The molecule has 2 aliphatic carbocycles. The Bertz CT molecular complexity index is 1410. The number of aliphatic carboxylic acids is 1. The van der Waals surface area contributed by atoms with Crippen molar-refractivity contribution in [1.29, 1.82) is 0 Å². The van der Waals surface area contributed by atoms with Gasteiger partial charge in [0.05, 0.1) is 17.6 Å². The van der Waals surface area contributed by atoms with Crippen LogP contribution in [0.15, 0.2) is 48.5 Å². The number of carbonyl (C=O) groups excluding carboxylic acids is 2.